The largest absolute Gasteiger partial charge is 0.361 e. The Morgan fingerprint density at radius 1 is 1.21 bits per heavy atom. The number of rotatable bonds is 2. The minimum absolute atomic E-state index is 0.135. The first-order valence-corrected chi connectivity index (χ1v) is 6.05. The number of fused-ring (bicyclic) bond motifs is 1. The summed E-state index contributed by atoms with van der Waals surface area (Å²) >= 11 is 0. The summed E-state index contributed by atoms with van der Waals surface area (Å²) < 4.78 is 0. The molecule has 2 N–H and O–H groups in total. The van der Waals surface area contributed by atoms with Gasteiger partial charge >= 0.3 is 0 Å². The summed E-state index contributed by atoms with van der Waals surface area (Å²) in [6, 6.07) is 11.2. The molecule has 4 nitrogen and oxygen atoms in total. The van der Waals surface area contributed by atoms with E-state index in [4.69, 9.17) is 0 Å². The van der Waals surface area contributed by atoms with E-state index in [2.05, 4.69) is 15.3 Å². The second-order valence-corrected chi connectivity index (χ2v) is 4.34. The van der Waals surface area contributed by atoms with Gasteiger partial charge in [-0.3, -0.25) is 9.78 Å². The van der Waals surface area contributed by atoms with Crippen LogP contribution in [0.25, 0.3) is 10.9 Å². The molecule has 0 spiro atoms. The fraction of sp³-hybridized carbons (Fsp3) is 0.0667. The first-order valence-electron chi connectivity index (χ1n) is 6.05. The third-order valence-electron chi connectivity index (χ3n) is 3.09. The quantitative estimate of drug-likeness (QED) is 0.735. The summed E-state index contributed by atoms with van der Waals surface area (Å²) in [7, 11) is 0. The molecular formula is C15H13N3O. The predicted molar refractivity (Wildman–Crippen MR) is 75.2 cm³/mol. The van der Waals surface area contributed by atoms with Crippen LogP contribution in [0.15, 0.2) is 48.8 Å². The molecule has 0 unspecified atom stereocenters. The minimum Gasteiger partial charge on any atom is -0.361 e. The summed E-state index contributed by atoms with van der Waals surface area (Å²) in [5.74, 6) is -0.135. The van der Waals surface area contributed by atoms with Crippen LogP contribution < -0.4 is 5.32 Å². The van der Waals surface area contributed by atoms with Crippen LogP contribution >= 0.6 is 0 Å². The molecular weight excluding hydrogens is 238 g/mol. The molecule has 2 heterocycles. The van der Waals surface area contributed by atoms with Crippen molar-refractivity contribution in [3.63, 3.8) is 0 Å². The molecule has 0 aliphatic heterocycles. The molecule has 0 saturated heterocycles. The Balaban J connectivity index is 1.97. The first kappa shape index (κ1) is 11.5. The van der Waals surface area contributed by atoms with Gasteiger partial charge in [-0.25, -0.2) is 0 Å². The van der Waals surface area contributed by atoms with Gasteiger partial charge in [0.15, 0.2) is 0 Å². The summed E-state index contributed by atoms with van der Waals surface area (Å²) in [5, 5.41) is 3.91. The molecule has 0 radical (unpaired) electrons. The zero-order valence-electron chi connectivity index (χ0n) is 10.5. The molecule has 19 heavy (non-hydrogen) atoms. The number of amides is 1. The summed E-state index contributed by atoms with van der Waals surface area (Å²) in [6.07, 6.45) is 3.54. The first-order chi connectivity index (χ1) is 9.25. The van der Waals surface area contributed by atoms with Gasteiger partial charge in [-0.1, -0.05) is 12.1 Å². The van der Waals surface area contributed by atoms with Gasteiger partial charge in [0.1, 0.15) is 0 Å². The standard InChI is InChI=1S/C15H13N3O/c1-10-13(6-3-8-16-10)18-15(19)12-5-2-4-11-7-9-17-14(11)12/h2-9,17H,1H3,(H,18,19). The van der Waals surface area contributed by atoms with Crippen molar-refractivity contribution in [3.05, 3.63) is 60.0 Å². The van der Waals surface area contributed by atoms with Crippen LogP contribution in [0.2, 0.25) is 0 Å². The molecule has 1 aromatic carbocycles. The number of para-hydroxylation sites is 1. The molecule has 0 fully saturated rings. The molecule has 0 bridgehead atoms. The van der Waals surface area contributed by atoms with Gasteiger partial charge in [0.05, 0.1) is 22.5 Å². The number of carbonyl (C=O) groups is 1. The Morgan fingerprint density at radius 3 is 2.95 bits per heavy atom. The lowest BCUT2D eigenvalue weighted by Crippen LogP contribution is -2.13. The Labute approximate surface area is 110 Å². The molecule has 0 atom stereocenters. The van der Waals surface area contributed by atoms with Crippen molar-refractivity contribution in [2.24, 2.45) is 0 Å². The monoisotopic (exact) mass is 251 g/mol. The number of hydrogen-bond acceptors (Lipinski definition) is 2. The highest BCUT2D eigenvalue weighted by Crippen LogP contribution is 2.19. The van der Waals surface area contributed by atoms with Gasteiger partial charge < -0.3 is 10.3 Å². The van der Waals surface area contributed by atoms with Gasteiger partial charge in [-0.2, -0.15) is 0 Å². The zero-order chi connectivity index (χ0) is 13.2. The van der Waals surface area contributed by atoms with E-state index in [1.54, 1.807) is 18.3 Å². The van der Waals surface area contributed by atoms with Gasteiger partial charge in [0.25, 0.3) is 5.91 Å². The molecule has 3 aromatic rings. The molecule has 0 aliphatic carbocycles. The van der Waals surface area contributed by atoms with E-state index in [9.17, 15) is 4.79 Å². The van der Waals surface area contributed by atoms with E-state index in [0.29, 0.717) is 5.56 Å². The highest BCUT2D eigenvalue weighted by atomic mass is 16.1. The topological polar surface area (TPSA) is 57.8 Å². The molecule has 4 heteroatoms. The van der Waals surface area contributed by atoms with Gasteiger partial charge in [0, 0.05) is 17.8 Å². The Kier molecular flexibility index (Phi) is 2.76. The van der Waals surface area contributed by atoms with Crippen molar-refractivity contribution < 1.29 is 4.79 Å². The fourth-order valence-electron chi connectivity index (χ4n) is 2.08. The Bertz CT molecular complexity index is 746. The maximum Gasteiger partial charge on any atom is 0.257 e. The van der Waals surface area contributed by atoms with Gasteiger partial charge in [0.2, 0.25) is 0 Å². The summed E-state index contributed by atoms with van der Waals surface area (Å²) in [6.45, 7) is 1.87. The van der Waals surface area contributed by atoms with Crippen LogP contribution in [0.4, 0.5) is 5.69 Å². The second kappa shape index (κ2) is 4.57. The van der Waals surface area contributed by atoms with Crippen molar-refractivity contribution in [1.29, 1.82) is 0 Å². The van der Waals surface area contributed by atoms with E-state index in [1.807, 2.05) is 37.4 Å². The van der Waals surface area contributed by atoms with Crippen molar-refractivity contribution in [2.45, 2.75) is 6.92 Å². The van der Waals surface area contributed by atoms with E-state index >= 15 is 0 Å². The van der Waals surface area contributed by atoms with Crippen molar-refractivity contribution >= 4 is 22.5 Å². The third-order valence-corrected chi connectivity index (χ3v) is 3.09. The average molecular weight is 251 g/mol. The number of pyridine rings is 1. The second-order valence-electron chi connectivity index (χ2n) is 4.34. The summed E-state index contributed by atoms with van der Waals surface area (Å²) in [4.78, 5) is 19.6. The van der Waals surface area contributed by atoms with Crippen LogP contribution in [0.3, 0.4) is 0 Å². The number of anilines is 1. The molecule has 2 aromatic heterocycles. The Morgan fingerprint density at radius 2 is 2.11 bits per heavy atom. The van der Waals surface area contributed by atoms with Crippen LogP contribution in [-0.4, -0.2) is 15.9 Å². The molecule has 3 rings (SSSR count). The lowest BCUT2D eigenvalue weighted by atomic mass is 10.1. The number of aromatic amines is 1. The van der Waals surface area contributed by atoms with Crippen LogP contribution in [0.5, 0.6) is 0 Å². The number of nitrogens with zero attached hydrogens (tertiary/aromatic N) is 1. The molecule has 0 aliphatic rings. The van der Waals surface area contributed by atoms with E-state index in [-0.39, 0.29) is 5.91 Å². The third kappa shape index (κ3) is 2.08. The van der Waals surface area contributed by atoms with Crippen molar-refractivity contribution in [2.75, 3.05) is 5.32 Å². The number of nitrogens with one attached hydrogen (secondary N) is 2. The average Bonchev–Trinajstić information content (AvgIpc) is 2.89. The Hall–Kier alpha value is -2.62. The van der Waals surface area contributed by atoms with Crippen LogP contribution in [0, 0.1) is 6.92 Å². The number of benzene rings is 1. The lowest BCUT2D eigenvalue weighted by Gasteiger charge is -2.08. The number of H-pyrrole nitrogens is 1. The summed E-state index contributed by atoms with van der Waals surface area (Å²) in [5.41, 5.74) is 3.01. The van der Waals surface area contributed by atoms with E-state index in [0.717, 1.165) is 22.3 Å². The maximum absolute atomic E-state index is 12.3. The van der Waals surface area contributed by atoms with Crippen molar-refractivity contribution in [1.82, 2.24) is 9.97 Å². The molecule has 94 valence electrons. The molecule has 1 amide bonds. The maximum atomic E-state index is 12.3. The smallest absolute Gasteiger partial charge is 0.257 e. The number of aromatic nitrogens is 2. The highest BCUT2D eigenvalue weighted by molar-refractivity contribution is 6.12. The number of hydrogen-bond donors (Lipinski definition) is 2. The van der Waals surface area contributed by atoms with Gasteiger partial charge in [-0.15, -0.1) is 0 Å². The van der Waals surface area contributed by atoms with Crippen LogP contribution in [-0.2, 0) is 0 Å². The zero-order valence-corrected chi connectivity index (χ0v) is 10.5. The number of carbonyl (C=O) groups excluding carboxylic acids is 1. The van der Waals surface area contributed by atoms with E-state index in [1.165, 1.54) is 0 Å². The van der Waals surface area contributed by atoms with Crippen LogP contribution in [0.1, 0.15) is 16.1 Å². The number of aryl methyl sites for hydroxylation is 1. The SMILES string of the molecule is Cc1ncccc1NC(=O)c1cccc2cc[nH]c12. The molecule has 0 saturated carbocycles. The van der Waals surface area contributed by atoms with E-state index < -0.39 is 0 Å². The minimum atomic E-state index is -0.135. The highest BCUT2D eigenvalue weighted by Gasteiger charge is 2.11. The predicted octanol–water partition coefficient (Wildman–Crippen LogP) is 3.12. The lowest BCUT2D eigenvalue weighted by molar-refractivity contribution is 0.102. The normalized spacial score (nSPS) is 10.6. The van der Waals surface area contributed by atoms with Crippen molar-refractivity contribution in [3.8, 4) is 0 Å². The fourth-order valence-corrected chi connectivity index (χ4v) is 2.08. The van der Waals surface area contributed by atoms with Gasteiger partial charge in [-0.05, 0) is 31.2 Å².